The fraction of sp³-hybridized carbons (Fsp3) is 0. The monoisotopic (exact) mass is 285 g/mol. The van der Waals surface area contributed by atoms with E-state index >= 15 is 0 Å². The second-order valence-electron chi connectivity index (χ2n) is 4.07. The maximum Gasteiger partial charge on any atom is 0.336 e. The summed E-state index contributed by atoms with van der Waals surface area (Å²) in [6, 6.07) is 8.56. The summed E-state index contributed by atoms with van der Waals surface area (Å²) in [6.07, 6.45) is 2.99. The molecular formula is C16H12ClNO2. The van der Waals surface area contributed by atoms with Gasteiger partial charge in [-0.25, -0.2) is 9.78 Å². The number of pyridine rings is 1. The number of halogens is 1. The molecule has 0 saturated heterocycles. The van der Waals surface area contributed by atoms with Gasteiger partial charge >= 0.3 is 5.97 Å². The maximum atomic E-state index is 11.4. The van der Waals surface area contributed by atoms with Crippen LogP contribution in [0.15, 0.2) is 43.5 Å². The van der Waals surface area contributed by atoms with Gasteiger partial charge in [-0.2, -0.15) is 0 Å². The molecule has 0 aliphatic rings. The van der Waals surface area contributed by atoms with E-state index in [1.807, 2.05) is 0 Å². The van der Waals surface area contributed by atoms with Crippen molar-refractivity contribution < 1.29 is 9.90 Å². The Hall–Kier alpha value is -2.39. The molecule has 1 N–H and O–H groups in total. The molecule has 0 radical (unpaired) electrons. The lowest BCUT2D eigenvalue weighted by atomic mass is 10.0. The van der Waals surface area contributed by atoms with Gasteiger partial charge in [0.25, 0.3) is 0 Å². The zero-order chi connectivity index (χ0) is 14.7. The molecule has 1 aromatic heterocycles. The van der Waals surface area contributed by atoms with Crippen molar-refractivity contribution in [2.45, 2.75) is 0 Å². The molecule has 2 aromatic rings. The molecule has 0 unspecified atom stereocenters. The van der Waals surface area contributed by atoms with Gasteiger partial charge in [0.15, 0.2) is 0 Å². The number of hydrogen-bond acceptors (Lipinski definition) is 2. The van der Waals surface area contributed by atoms with Crippen LogP contribution in [0.25, 0.3) is 23.4 Å². The van der Waals surface area contributed by atoms with E-state index < -0.39 is 5.97 Å². The summed E-state index contributed by atoms with van der Waals surface area (Å²) >= 11 is 5.84. The molecule has 0 spiro atoms. The van der Waals surface area contributed by atoms with Crippen molar-refractivity contribution in [2.24, 2.45) is 0 Å². The third kappa shape index (κ3) is 2.63. The van der Waals surface area contributed by atoms with Crippen LogP contribution in [0.1, 0.15) is 21.6 Å². The van der Waals surface area contributed by atoms with Gasteiger partial charge in [-0.1, -0.05) is 43.0 Å². The number of aromatic carboxylic acids is 1. The zero-order valence-electron chi connectivity index (χ0n) is 10.6. The van der Waals surface area contributed by atoms with Crippen LogP contribution in [0.3, 0.4) is 0 Å². The van der Waals surface area contributed by atoms with Crippen molar-refractivity contribution in [1.29, 1.82) is 0 Å². The van der Waals surface area contributed by atoms with Crippen LogP contribution >= 0.6 is 11.6 Å². The Morgan fingerprint density at radius 1 is 1.20 bits per heavy atom. The summed E-state index contributed by atoms with van der Waals surface area (Å²) in [5, 5.41) is 9.91. The molecule has 0 aliphatic heterocycles. The molecule has 0 fully saturated rings. The summed E-state index contributed by atoms with van der Waals surface area (Å²) in [6.45, 7) is 7.29. The van der Waals surface area contributed by atoms with Gasteiger partial charge in [0.1, 0.15) is 0 Å². The number of benzene rings is 1. The average Bonchev–Trinajstić information content (AvgIpc) is 2.46. The molecule has 3 nitrogen and oxygen atoms in total. The number of rotatable bonds is 4. The number of nitrogens with zero attached hydrogens (tertiary/aromatic N) is 1. The standard InChI is InChI=1S/C16H12ClNO2/c1-3-12-13(16(19)20)9-15(18-14(12)4-2)10-5-7-11(17)8-6-10/h3-9H,1-2H2,(H,19,20). The third-order valence-corrected chi connectivity index (χ3v) is 3.11. The minimum absolute atomic E-state index is 0.148. The van der Waals surface area contributed by atoms with E-state index in [1.54, 1.807) is 24.3 Å². The molecule has 0 saturated carbocycles. The van der Waals surface area contributed by atoms with Crippen LogP contribution in [-0.4, -0.2) is 16.1 Å². The first-order valence-corrected chi connectivity index (χ1v) is 6.23. The number of hydrogen-bond donors (Lipinski definition) is 1. The van der Waals surface area contributed by atoms with Gasteiger partial charge in [0.05, 0.1) is 17.0 Å². The number of carboxylic acids is 1. The Morgan fingerprint density at radius 2 is 1.85 bits per heavy atom. The minimum atomic E-state index is -1.03. The van der Waals surface area contributed by atoms with Crippen LogP contribution in [0, 0.1) is 0 Å². The van der Waals surface area contributed by atoms with Crippen molar-refractivity contribution in [3.05, 3.63) is 65.3 Å². The van der Waals surface area contributed by atoms with Crippen molar-refractivity contribution in [1.82, 2.24) is 4.98 Å². The molecule has 4 heteroatoms. The highest BCUT2D eigenvalue weighted by Gasteiger charge is 2.14. The van der Waals surface area contributed by atoms with Crippen molar-refractivity contribution >= 4 is 29.7 Å². The molecule has 0 amide bonds. The van der Waals surface area contributed by atoms with E-state index in [4.69, 9.17) is 11.6 Å². The fourth-order valence-corrected chi connectivity index (χ4v) is 2.02. The number of aromatic nitrogens is 1. The Kier molecular flexibility index (Phi) is 4.01. The predicted molar refractivity (Wildman–Crippen MR) is 81.8 cm³/mol. The van der Waals surface area contributed by atoms with Gasteiger partial charge in [-0.05, 0) is 24.3 Å². The Morgan fingerprint density at radius 3 is 2.35 bits per heavy atom. The first-order chi connectivity index (χ1) is 9.56. The Balaban J connectivity index is 2.69. The van der Waals surface area contributed by atoms with Crippen LogP contribution < -0.4 is 0 Å². The molecule has 0 bridgehead atoms. The summed E-state index contributed by atoms with van der Waals surface area (Å²) < 4.78 is 0. The van der Waals surface area contributed by atoms with Crippen molar-refractivity contribution in [3.8, 4) is 11.3 Å². The maximum absolute atomic E-state index is 11.4. The highest BCUT2D eigenvalue weighted by atomic mass is 35.5. The highest BCUT2D eigenvalue weighted by molar-refractivity contribution is 6.30. The summed E-state index contributed by atoms with van der Waals surface area (Å²) in [4.78, 5) is 15.8. The van der Waals surface area contributed by atoms with E-state index in [0.717, 1.165) is 5.56 Å². The van der Waals surface area contributed by atoms with Gasteiger partial charge in [0.2, 0.25) is 0 Å². The van der Waals surface area contributed by atoms with E-state index in [2.05, 4.69) is 18.1 Å². The molecule has 20 heavy (non-hydrogen) atoms. The van der Waals surface area contributed by atoms with Gasteiger partial charge in [0, 0.05) is 16.1 Å². The zero-order valence-corrected chi connectivity index (χ0v) is 11.4. The quantitative estimate of drug-likeness (QED) is 0.906. The van der Waals surface area contributed by atoms with E-state index in [-0.39, 0.29) is 5.56 Å². The molecule has 2 rings (SSSR count). The summed E-state index contributed by atoms with van der Waals surface area (Å²) in [5.41, 5.74) is 2.44. The molecule has 1 aromatic carbocycles. The largest absolute Gasteiger partial charge is 0.478 e. The topological polar surface area (TPSA) is 50.2 Å². The fourth-order valence-electron chi connectivity index (χ4n) is 1.89. The first-order valence-electron chi connectivity index (χ1n) is 5.86. The van der Waals surface area contributed by atoms with Gasteiger partial charge in [-0.3, -0.25) is 0 Å². The molecule has 1 heterocycles. The third-order valence-electron chi connectivity index (χ3n) is 2.86. The Bertz CT molecular complexity index is 690. The SMILES string of the molecule is C=Cc1nc(-c2ccc(Cl)cc2)cc(C(=O)O)c1C=C. The molecule has 0 aliphatic carbocycles. The lowest BCUT2D eigenvalue weighted by Gasteiger charge is -2.09. The summed E-state index contributed by atoms with van der Waals surface area (Å²) in [7, 11) is 0. The van der Waals surface area contributed by atoms with E-state index in [9.17, 15) is 9.90 Å². The van der Waals surface area contributed by atoms with Gasteiger partial charge < -0.3 is 5.11 Å². The number of carboxylic acid groups (broad SMARTS) is 1. The second-order valence-corrected chi connectivity index (χ2v) is 4.51. The number of carbonyl (C=O) groups is 1. The smallest absolute Gasteiger partial charge is 0.336 e. The second kappa shape index (κ2) is 5.72. The lowest BCUT2D eigenvalue weighted by Crippen LogP contribution is -2.04. The molecule has 0 atom stereocenters. The average molecular weight is 286 g/mol. The molecular weight excluding hydrogens is 274 g/mol. The Labute approximate surface area is 121 Å². The van der Waals surface area contributed by atoms with Crippen LogP contribution in [0.2, 0.25) is 5.02 Å². The minimum Gasteiger partial charge on any atom is -0.478 e. The summed E-state index contributed by atoms with van der Waals surface area (Å²) in [5.74, 6) is -1.03. The van der Waals surface area contributed by atoms with E-state index in [1.165, 1.54) is 18.2 Å². The van der Waals surface area contributed by atoms with E-state index in [0.29, 0.717) is 22.0 Å². The van der Waals surface area contributed by atoms with Crippen molar-refractivity contribution in [3.63, 3.8) is 0 Å². The van der Waals surface area contributed by atoms with Crippen molar-refractivity contribution in [2.75, 3.05) is 0 Å². The highest BCUT2D eigenvalue weighted by Crippen LogP contribution is 2.25. The normalized spacial score (nSPS) is 10.1. The first kappa shape index (κ1) is 14.0. The van der Waals surface area contributed by atoms with Crippen LogP contribution in [0.4, 0.5) is 0 Å². The molecule has 100 valence electrons. The van der Waals surface area contributed by atoms with Crippen LogP contribution in [0.5, 0.6) is 0 Å². The van der Waals surface area contributed by atoms with Gasteiger partial charge in [-0.15, -0.1) is 0 Å². The van der Waals surface area contributed by atoms with Crippen LogP contribution in [-0.2, 0) is 0 Å². The lowest BCUT2D eigenvalue weighted by molar-refractivity contribution is 0.0696. The predicted octanol–water partition coefficient (Wildman–Crippen LogP) is 4.39.